The predicted octanol–water partition coefficient (Wildman–Crippen LogP) is 3.35. The van der Waals surface area contributed by atoms with E-state index in [1.54, 1.807) is 74.7 Å². The largest absolute Gasteiger partial charge is 0.497 e. The van der Waals surface area contributed by atoms with Gasteiger partial charge in [-0.15, -0.1) is 0 Å². The molecule has 160 valence electrons. The average Bonchev–Trinajstić information content (AvgIpc) is 2.79. The van der Waals surface area contributed by atoms with Gasteiger partial charge in [0.1, 0.15) is 12.3 Å². The molecule has 0 heterocycles. The van der Waals surface area contributed by atoms with Gasteiger partial charge in [0, 0.05) is 0 Å². The van der Waals surface area contributed by atoms with Crippen LogP contribution in [0.25, 0.3) is 0 Å². The molecule has 0 aromatic heterocycles. The summed E-state index contributed by atoms with van der Waals surface area (Å²) < 4.78 is 32.8. The Morgan fingerprint density at radius 2 is 1.74 bits per heavy atom. The second kappa shape index (κ2) is 9.90. The van der Waals surface area contributed by atoms with Gasteiger partial charge >= 0.3 is 0 Å². The van der Waals surface area contributed by atoms with Gasteiger partial charge in [-0.2, -0.15) is 5.10 Å². The van der Waals surface area contributed by atoms with Crippen LogP contribution >= 0.6 is 0 Å². The third-order valence-electron chi connectivity index (χ3n) is 4.50. The van der Waals surface area contributed by atoms with Gasteiger partial charge < -0.3 is 4.74 Å². The fraction of sp³-hybridized carbons (Fsp3) is 0.130. The van der Waals surface area contributed by atoms with Crippen molar-refractivity contribution in [3.63, 3.8) is 0 Å². The molecule has 0 unspecified atom stereocenters. The predicted molar refractivity (Wildman–Crippen MR) is 121 cm³/mol. The summed E-state index contributed by atoms with van der Waals surface area (Å²) in [6.45, 7) is 1.37. The van der Waals surface area contributed by atoms with Crippen molar-refractivity contribution in [1.82, 2.24) is 5.43 Å². The van der Waals surface area contributed by atoms with Crippen molar-refractivity contribution in [2.75, 3.05) is 18.0 Å². The molecule has 0 spiro atoms. The minimum atomic E-state index is -3.95. The molecule has 3 aromatic rings. The monoisotopic (exact) mass is 437 g/mol. The van der Waals surface area contributed by atoms with E-state index < -0.39 is 22.5 Å². The average molecular weight is 438 g/mol. The standard InChI is InChI=1S/C23H23N3O4S/c1-18-9-6-7-14-22(18)26(31(28,29)21-12-4-3-5-13-21)17-23(27)25-24-16-19-10-8-11-20(15-19)30-2/h3-16H,17H2,1-2H3,(H,25,27)/b24-16-. The van der Waals surface area contributed by atoms with Crippen molar-refractivity contribution in [2.24, 2.45) is 5.10 Å². The zero-order valence-electron chi connectivity index (χ0n) is 17.2. The number of carbonyl (C=O) groups is 1. The van der Waals surface area contributed by atoms with Crippen LogP contribution in [0.15, 0.2) is 88.9 Å². The molecule has 1 amide bonds. The molecule has 31 heavy (non-hydrogen) atoms. The molecular weight excluding hydrogens is 414 g/mol. The summed E-state index contributed by atoms with van der Waals surface area (Å²) in [7, 11) is -2.39. The Balaban J connectivity index is 1.82. The zero-order valence-corrected chi connectivity index (χ0v) is 18.0. The van der Waals surface area contributed by atoms with E-state index >= 15 is 0 Å². The second-order valence-corrected chi connectivity index (χ2v) is 8.54. The maximum Gasteiger partial charge on any atom is 0.264 e. The van der Waals surface area contributed by atoms with E-state index in [9.17, 15) is 13.2 Å². The minimum absolute atomic E-state index is 0.103. The van der Waals surface area contributed by atoms with Crippen LogP contribution in [0, 0.1) is 6.92 Å². The lowest BCUT2D eigenvalue weighted by Crippen LogP contribution is -2.40. The first-order chi connectivity index (χ1) is 14.9. The molecule has 0 saturated heterocycles. The highest BCUT2D eigenvalue weighted by molar-refractivity contribution is 7.92. The topological polar surface area (TPSA) is 88.1 Å². The normalized spacial score (nSPS) is 11.3. The smallest absolute Gasteiger partial charge is 0.264 e. The Bertz CT molecular complexity index is 1180. The molecule has 3 aromatic carbocycles. The number of sulfonamides is 1. The van der Waals surface area contributed by atoms with E-state index in [-0.39, 0.29) is 4.90 Å². The van der Waals surface area contributed by atoms with Gasteiger partial charge in [0.2, 0.25) is 0 Å². The van der Waals surface area contributed by atoms with E-state index in [4.69, 9.17) is 4.74 Å². The van der Waals surface area contributed by atoms with Crippen LogP contribution in [0.2, 0.25) is 0 Å². The van der Waals surface area contributed by atoms with Gasteiger partial charge in [0.15, 0.2) is 0 Å². The van der Waals surface area contributed by atoms with Crippen LogP contribution in [-0.2, 0) is 14.8 Å². The number of ether oxygens (including phenoxy) is 1. The quantitative estimate of drug-likeness (QED) is 0.432. The number of hydrogen-bond acceptors (Lipinski definition) is 5. The Hall–Kier alpha value is -3.65. The molecule has 0 aliphatic rings. The molecule has 3 rings (SSSR count). The Morgan fingerprint density at radius 1 is 1.03 bits per heavy atom. The SMILES string of the molecule is COc1cccc(/C=N\NC(=O)CN(c2ccccc2C)S(=O)(=O)c2ccccc2)c1. The third kappa shape index (κ3) is 5.49. The summed E-state index contributed by atoms with van der Waals surface area (Å²) in [6, 6.07) is 22.2. The van der Waals surface area contributed by atoms with E-state index in [1.807, 2.05) is 6.07 Å². The van der Waals surface area contributed by atoms with Crippen molar-refractivity contribution < 1.29 is 17.9 Å². The molecular formula is C23H23N3O4S. The second-order valence-electron chi connectivity index (χ2n) is 6.68. The lowest BCUT2D eigenvalue weighted by Gasteiger charge is -2.25. The minimum Gasteiger partial charge on any atom is -0.497 e. The number of methoxy groups -OCH3 is 1. The summed E-state index contributed by atoms with van der Waals surface area (Å²) in [5.74, 6) is 0.0943. The highest BCUT2D eigenvalue weighted by atomic mass is 32.2. The molecule has 0 radical (unpaired) electrons. The number of carbonyl (C=O) groups excluding carboxylic acids is 1. The van der Waals surface area contributed by atoms with E-state index in [0.29, 0.717) is 11.4 Å². The maximum absolute atomic E-state index is 13.3. The molecule has 0 saturated carbocycles. The maximum atomic E-state index is 13.3. The Kier molecular flexibility index (Phi) is 7.04. The van der Waals surface area contributed by atoms with Gasteiger partial charge in [-0.1, -0.05) is 48.5 Å². The number of anilines is 1. The number of nitrogens with one attached hydrogen (secondary N) is 1. The van der Waals surface area contributed by atoms with Crippen molar-refractivity contribution in [1.29, 1.82) is 0 Å². The highest BCUT2D eigenvalue weighted by Crippen LogP contribution is 2.26. The fourth-order valence-corrected chi connectivity index (χ4v) is 4.44. The van der Waals surface area contributed by atoms with Gasteiger partial charge in [-0.25, -0.2) is 13.8 Å². The van der Waals surface area contributed by atoms with Crippen molar-refractivity contribution >= 4 is 27.8 Å². The van der Waals surface area contributed by atoms with Crippen LogP contribution in [0.3, 0.4) is 0 Å². The highest BCUT2D eigenvalue weighted by Gasteiger charge is 2.27. The molecule has 0 atom stereocenters. The third-order valence-corrected chi connectivity index (χ3v) is 6.27. The number of amides is 1. The van der Waals surface area contributed by atoms with E-state index in [2.05, 4.69) is 10.5 Å². The number of aryl methyl sites for hydroxylation is 1. The number of para-hydroxylation sites is 1. The van der Waals surface area contributed by atoms with Crippen LogP contribution in [-0.4, -0.2) is 34.2 Å². The molecule has 0 fully saturated rings. The fourth-order valence-electron chi connectivity index (χ4n) is 2.93. The van der Waals surface area contributed by atoms with Crippen molar-refractivity contribution in [3.05, 3.63) is 90.0 Å². The molecule has 0 aliphatic heterocycles. The molecule has 1 N–H and O–H groups in total. The number of benzene rings is 3. The number of rotatable bonds is 8. The van der Waals surface area contributed by atoms with E-state index in [1.165, 1.54) is 18.3 Å². The number of nitrogens with zero attached hydrogens (tertiary/aromatic N) is 2. The Labute approximate surface area is 182 Å². The van der Waals surface area contributed by atoms with Crippen LogP contribution < -0.4 is 14.5 Å². The van der Waals surface area contributed by atoms with Gasteiger partial charge in [-0.3, -0.25) is 9.10 Å². The lowest BCUT2D eigenvalue weighted by atomic mass is 10.2. The first-order valence-electron chi connectivity index (χ1n) is 9.51. The zero-order chi connectivity index (χ0) is 22.3. The first kappa shape index (κ1) is 22.0. The summed E-state index contributed by atoms with van der Waals surface area (Å²) >= 11 is 0. The summed E-state index contributed by atoms with van der Waals surface area (Å²) in [5, 5.41) is 3.94. The first-order valence-corrected chi connectivity index (χ1v) is 10.9. The Morgan fingerprint density at radius 3 is 2.45 bits per heavy atom. The van der Waals surface area contributed by atoms with Gasteiger partial charge in [0.05, 0.1) is 23.9 Å². The van der Waals surface area contributed by atoms with Gasteiger partial charge in [-0.05, 0) is 48.4 Å². The molecule has 0 aliphatic carbocycles. The number of hydrogen-bond donors (Lipinski definition) is 1. The molecule has 7 nitrogen and oxygen atoms in total. The lowest BCUT2D eigenvalue weighted by molar-refractivity contribution is -0.119. The molecule has 0 bridgehead atoms. The van der Waals surface area contributed by atoms with Crippen LogP contribution in [0.4, 0.5) is 5.69 Å². The summed E-state index contributed by atoms with van der Waals surface area (Å²) in [4.78, 5) is 12.7. The summed E-state index contributed by atoms with van der Waals surface area (Å²) in [6.07, 6.45) is 1.46. The van der Waals surface area contributed by atoms with Crippen LogP contribution in [0.1, 0.15) is 11.1 Å². The van der Waals surface area contributed by atoms with E-state index in [0.717, 1.165) is 15.4 Å². The molecule has 8 heteroatoms. The van der Waals surface area contributed by atoms with Crippen LogP contribution in [0.5, 0.6) is 5.75 Å². The van der Waals surface area contributed by atoms with Crippen molar-refractivity contribution in [3.8, 4) is 5.75 Å². The number of hydrazone groups is 1. The van der Waals surface area contributed by atoms with Gasteiger partial charge in [0.25, 0.3) is 15.9 Å². The summed E-state index contributed by atoms with van der Waals surface area (Å²) in [5.41, 5.74) is 4.28. The van der Waals surface area contributed by atoms with Crippen molar-refractivity contribution in [2.45, 2.75) is 11.8 Å².